The summed E-state index contributed by atoms with van der Waals surface area (Å²) in [6.07, 6.45) is 0.612. The van der Waals surface area contributed by atoms with E-state index >= 15 is 0 Å². The molecule has 1 aliphatic rings. The summed E-state index contributed by atoms with van der Waals surface area (Å²) in [5.74, 6) is -0.623. The zero-order valence-corrected chi connectivity index (χ0v) is 21.4. The van der Waals surface area contributed by atoms with Crippen molar-refractivity contribution in [2.75, 3.05) is 30.8 Å². The largest absolute Gasteiger partial charge is 0.382 e. The second kappa shape index (κ2) is 10.3. The molecule has 0 aliphatic carbocycles. The molecule has 0 bridgehead atoms. The number of benzene rings is 3. The van der Waals surface area contributed by atoms with Gasteiger partial charge < -0.3 is 21.3 Å². The lowest BCUT2D eigenvalue weighted by molar-refractivity contribution is -0.119. The van der Waals surface area contributed by atoms with Gasteiger partial charge in [0.05, 0.1) is 17.6 Å². The number of hydrogen-bond acceptors (Lipinski definition) is 4. The standard InChI is InChI=1S/C25H23BrCl2N4O2/c1-29-23(33)13-30-24(34)19-7-5-16(26)10-21(19)32-25(12-15-3-2-4-17(27)9-15)14-31-22-11-18(28)6-8-20(22)25/h2-11,31-32H,12-14H2,1H3,(H,29,33)(H,30,34). The van der Waals surface area contributed by atoms with Gasteiger partial charge in [0.15, 0.2) is 0 Å². The van der Waals surface area contributed by atoms with Gasteiger partial charge in [-0.2, -0.15) is 0 Å². The van der Waals surface area contributed by atoms with Crippen molar-refractivity contribution < 1.29 is 9.59 Å². The Morgan fingerprint density at radius 1 is 1.06 bits per heavy atom. The third kappa shape index (κ3) is 5.32. The number of fused-ring (bicyclic) bond motifs is 1. The SMILES string of the molecule is CNC(=O)CNC(=O)c1ccc(Br)cc1NC1(Cc2cccc(Cl)c2)CNc2cc(Cl)ccc21. The van der Waals surface area contributed by atoms with E-state index in [4.69, 9.17) is 23.2 Å². The van der Waals surface area contributed by atoms with E-state index in [9.17, 15) is 9.59 Å². The highest BCUT2D eigenvalue weighted by molar-refractivity contribution is 9.10. The van der Waals surface area contributed by atoms with Gasteiger partial charge in [0.1, 0.15) is 0 Å². The summed E-state index contributed by atoms with van der Waals surface area (Å²) < 4.78 is 0.818. The Hall–Kier alpha value is -2.74. The molecule has 3 aromatic carbocycles. The zero-order chi connectivity index (χ0) is 24.3. The fourth-order valence-electron chi connectivity index (χ4n) is 4.15. The van der Waals surface area contributed by atoms with E-state index < -0.39 is 5.54 Å². The van der Waals surface area contributed by atoms with Crippen LogP contribution in [0.5, 0.6) is 0 Å². The molecule has 2 amide bonds. The predicted octanol–water partition coefficient (Wildman–Crippen LogP) is 5.21. The van der Waals surface area contributed by atoms with E-state index in [1.54, 1.807) is 12.1 Å². The third-order valence-corrected chi connectivity index (χ3v) is 6.72. The Kier molecular flexibility index (Phi) is 7.36. The molecule has 34 heavy (non-hydrogen) atoms. The Labute approximate surface area is 216 Å². The Morgan fingerprint density at radius 3 is 2.62 bits per heavy atom. The normalized spacial score (nSPS) is 16.4. The molecule has 0 spiro atoms. The van der Waals surface area contributed by atoms with Crippen LogP contribution >= 0.6 is 39.1 Å². The molecule has 1 aliphatic heterocycles. The zero-order valence-electron chi connectivity index (χ0n) is 18.3. The average Bonchev–Trinajstić information content (AvgIpc) is 3.14. The number of amides is 2. The van der Waals surface area contributed by atoms with Crippen molar-refractivity contribution in [2.24, 2.45) is 0 Å². The Morgan fingerprint density at radius 2 is 1.85 bits per heavy atom. The van der Waals surface area contributed by atoms with Crippen molar-refractivity contribution in [1.29, 1.82) is 0 Å². The van der Waals surface area contributed by atoms with E-state index in [-0.39, 0.29) is 18.4 Å². The van der Waals surface area contributed by atoms with E-state index in [1.807, 2.05) is 48.5 Å². The van der Waals surface area contributed by atoms with Crippen molar-refractivity contribution in [1.82, 2.24) is 10.6 Å². The van der Waals surface area contributed by atoms with Crippen LogP contribution in [0, 0.1) is 0 Å². The summed E-state index contributed by atoms with van der Waals surface area (Å²) in [5.41, 5.74) is 3.50. The average molecular weight is 562 g/mol. The fraction of sp³-hybridized carbons (Fsp3) is 0.200. The Bertz CT molecular complexity index is 1250. The first kappa shape index (κ1) is 24.4. The van der Waals surface area contributed by atoms with Crippen LogP contribution in [0.2, 0.25) is 10.0 Å². The molecule has 4 rings (SSSR count). The molecule has 3 aromatic rings. The van der Waals surface area contributed by atoms with Gasteiger partial charge in [-0.15, -0.1) is 0 Å². The van der Waals surface area contributed by atoms with Crippen LogP contribution in [-0.2, 0) is 16.8 Å². The smallest absolute Gasteiger partial charge is 0.253 e. The number of likely N-dealkylation sites (N-methyl/N-ethyl adjacent to an activating group) is 1. The van der Waals surface area contributed by atoms with Crippen molar-refractivity contribution in [2.45, 2.75) is 12.0 Å². The fourth-order valence-corrected chi connectivity index (χ4v) is 4.90. The lowest BCUT2D eigenvalue weighted by Gasteiger charge is -2.33. The van der Waals surface area contributed by atoms with Gasteiger partial charge >= 0.3 is 0 Å². The first-order chi connectivity index (χ1) is 16.3. The highest BCUT2D eigenvalue weighted by atomic mass is 79.9. The van der Waals surface area contributed by atoms with Crippen LogP contribution in [0.4, 0.5) is 11.4 Å². The van der Waals surface area contributed by atoms with Gasteiger partial charge in [0, 0.05) is 51.5 Å². The van der Waals surface area contributed by atoms with Crippen LogP contribution in [0.1, 0.15) is 21.5 Å². The lowest BCUT2D eigenvalue weighted by Crippen LogP contribution is -2.41. The van der Waals surface area contributed by atoms with Crippen LogP contribution in [-0.4, -0.2) is 32.0 Å². The number of carbonyl (C=O) groups excluding carboxylic acids is 2. The van der Waals surface area contributed by atoms with Crippen LogP contribution < -0.4 is 21.3 Å². The molecular formula is C25H23BrCl2N4O2. The van der Waals surface area contributed by atoms with Crippen molar-refractivity contribution in [3.05, 3.63) is 91.9 Å². The second-order valence-corrected chi connectivity index (χ2v) is 9.89. The van der Waals surface area contributed by atoms with Crippen LogP contribution in [0.15, 0.2) is 65.1 Å². The van der Waals surface area contributed by atoms with Gasteiger partial charge in [-0.05, 0) is 48.0 Å². The molecule has 1 heterocycles. The van der Waals surface area contributed by atoms with Gasteiger partial charge in [-0.25, -0.2) is 0 Å². The van der Waals surface area contributed by atoms with Crippen molar-refractivity contribution >= 4 is 62.3 Å². The van der Waals surface area contributed by atoms with Gasteiger partial charge in [0.25, 0.3) is 5.91 Å². The summed E-state index contributed by atoms with van der Waals surface area (Å²) in [6, 6.07) is 18.9. The molecule has 0 saturated heterocycles. The first-order valence-corrected chi connectivity index (χ1v) is 12.2. The number of rotatable bonds is 7. The third-order valence-electron chi connectivity index (χ3n) is 5.76. The minimum atomic E-state index is -0.582. The quantitative estimate of drug-likeness (QED) is 0.319. The molecule has 6 nitrogen and oxygen atoms in total. The molecule has 0 aromatic heterocycles. The van der Waals surface area contributed by atoms with Gasteiger partial charge in [-0.3, -0.25) is 9.59 Å². The predicted molar refractivity (Wildman–Crippen MR) is 141 cm³/mol. The highest BCUT2D eigenvalue weighted by Gasteiger charge is 2.40. The molecule has 0 radical (unpaired) electrons. The highest BCUT2D eigenvalue weighted by Crippen LogP contribution is 2.42. The summed E-state index contributed by atoms with van der Waals surface area (Å²) in [5, 5.41) is 13.6. The molecular weight excluding hydrogens is 539 g/mol. The number of halogens is 3. The molecule has 9 heteroatoms. The van der Waals surface area contributed by atoms with E-state index in [2.05, 4.69) is 37.2 Å². The van der Waals surface area contributed by atoms with Crippen LogP contribution in [0.3, 0.4) is 0 Å². The molecule has 1 atom stereocenters. The monoisotopic (exact) mass is 560 g/mol. The van der Waals surface area contributed by atoms with Crippen molar-refractivity contribution in [3.63, 3.8) is 0 Å². The van der Waals surface area contributed by atoms with E-state index in [1.165, 1.54) is 7.05 Å². The summed E-state index contributed by atoms with van der Waals surface area (Å²) in [6.45, 7) is 0.461. The number of carbonyl (C=O) groups is 2. The first-order valence-electron chi connectivity index (χ1n) is 10.6. The number of anilines is 2. The lowest BCUT2D eigenvalue weighted by atomic mass is 9.84. The van der Waals surface area contributed by atoms with Gasteiger partial charge in [0.2, 0.25) is 5.91 Å². The maximum absolute atomic E-state index is 13.0. The maximum atomic E-state index is 13.0. The van der Waals surface area contributed by atoms with Crippen molar-refractivity contribution in [3.8, 4) is 0 Å². The maximum Gasteiger partial charge on any atom is 0.253 e. The van der Waals surface area contributed by atoms with Gasteiger partial charge in [-0.1, -0.05) is 57.3 Å². The van der Waals surface area contributed by atoms with Crippen LogP contribution in [0.25, 0.3) is 0 Å². The van der Waals surface area contributed by atoms with E-state index in [0.717, 1.165) is 21.3 Å². The Balaban J connectivity index is 1.74. The molecule has 4 N–H and O–H groups in total. The summed E-state index contributed by atoms with van der Waals surface area (Å²) >= 11 is 16.0. The van der Waals surface area contributed by atoms with E-state index in [0.29, 0.717) is 34.3 Å². The molecule has 0 fully saturated rings. The molecule has 176 valence electrons. The minimum absolute atomic E-state index is 0.110. The topological polar surface area (TPSA) is 82.3 Å². The summed E-state index contributed by atoms with van der Waals surface area (Å²) in [7, 11) is 1.53. The number of hydrogen-bond donors (Lipinski definition) is 4. The minimum Gasteiger partial charge on any atom is -0.382 e. The summed E-state index contributed by atoms with van der Waals surface area (Å²) in [4.78, 5) is 24.6. The molecule has 1 unspecified atom stereocenters. The second-order valence-electron chi connectivity index (χ2n) is 8.10. The molecule has 0 saturated carbocycles. The number of nitrogens with one attached hydrogen (secondary N) is 4.